The summed E-state index contributed by atoms with van der Waals surface area (Å²) in [5, 5.41) is 0. The van der Waals surface area contributed by atoms with Crippen LogP contribution in [0.4, 0.5) is 0 Å². The number of rotatable bonds is 3. The number of aromatic nitrogens is 1. The monoisotopic (exact) mass is 330 g/mol. The lowest BCUT2D eigenvalue weighted by atomic mass is 9.82. The lowest BCUT2D eigenvalue weighted by Crippen LogP contribution is -2.48. The number of carbonyl (C=O) groups is 1. The summed E-state index contributed by atoms with van der Waals surface area (Å²) in [6, 6.07) is 4.34. The Morgan fingerprint density at radius 3 is 2.75 bits per heavy atom. The molecule has 1 fully saturated rings. The first kappa shape index (κ1) is 17.4. The first-order valence-electron chi connectivity index (χ1n) is 9.20. The van der Waals surface area contributed by atoms with E-state index in [0.29, 0.717) is 12.0 Å². The first-order valence-corrected chi connectivity index (χ1v) is 9.20. The highest BCUT2D eigenvalue weighted by Gasteiger charge is 2.45. The van der Waals surface area contributed by atoms with Gasteiger partial charge < -0.3 is 4.74 Å². The van der Waals surface area contributed by atoms with Gasteiger partial charge in [0.25, 0.3) is 0 Å². The summed E-state index contributed by atoms with van der Waals surface area (Å²) in [4.78, 5) is 19.9. The van der Waals surface area contributed by atoms with Gasteiger partial charge in [-0.05, 0) is 70.0 Å². The standard InChI is InChI=1S/C20H30N2O2/c1-13(2)17(19(23)24-20(3,4)5)22-12-10-14-8-9-16-15(18(14)22)7-6-11-21-16/h6-7,11,13-14,17-18H,8-10,12H2,1-5H3. The second kappa shape index (κ2) is 6.47. The topological polar surface area (TPSA) is 42.4 Å². The number of fused-ring (bicyclic) bond motifs is 3. The average Bonchev–Trinajstić information content (AvgIpc) is 2.89. The Hall–Kier alpha value is -1.42. The van der Waals surface area contributed by atoms with Gasteiger partial charge in [0.2, 0.25) is 0 Å². The minimum Gasteiger partial charge on any atom is -0.459 e. The quantitative estimate of drug-likeness (QED) is 0.792. The van der Waals surface area contributed by atoms with E-state index in [1.165, 1.54) is 17.7 Å². The Balaban J connectivity index is 1.91. The van der Waals surface area contributed by atoms with Crippen LogP contribution < -0.4 is 0 Å². The molecule has 4 nitrogen and oxygen atoms in total. The number of aryl methyl sites for hydroxylation is 1. The second-order valence-electron chi connectivity index (χ2n) is 8.53. The van der Waals surface area contributed by atoms with E-state index < -0.39 is 5.60 Å². The van der Waals surface area contributed by atoms with Crippen LogP contribution in [0.3, 0.4) is 0 Å². The average molecular weight is 330 g/mol. The zero-order valence-corrected chi connectivity index (χ0v) is 15.6. The van der Waals surface area contributed by atoms with Crippen molar-refractivity contribution in [1.29, 1.82) is 0 Å². The van der Waals surface area contributed by atoms with Gasteiger partial charge >= 0.3 is 5.97 Å². The predicted octanol–water partition coefficient (Wildman–Crippen LogP) is 3.76. The summed E-state index contributed by atoms with van der Waals surface area (Å²) in [5.41, 5.74) is 2.08. The Morgan fingerprint density at radius 2 is 2.08 bits per heavy atom. The van der Waals surface area contributed by atoms with Crippen LogP contribution in [0, 0.1) is 11.8 Å². The molecule has 0 N–H and O–H groups in total. The number of carbonyl (C=O) groups excluding carboxylic acids is 1. The zero-order chi connectivity index (χ0) is 17.5. The molecule has 1 aliphatic carbocycles. The molecule has 2 aliphatic rings. The number of likely N-dealkylation sites (tertiary alicyclic amines) is 1. The van der Waals surface area contributed by atoms with Crippen LogP contribution in [-0.4, -0.2) is 34.0 Å². The lowest BCUT2D eigenvalue weighted by Gasteiger charge is -2.39. The normalized spacial score (nSPS) is 25.2. The molecule has 1 saturated heterocycles. The van der Waals surface area contributed by atoms with Crippen LogP contribution in [0.25, 0.3) is 0 Å². The predicted molar refractivity (Wildman–Crippen MR) is 94.6 cm³/mol. The molecule has 0 aromatic carbocycles. The van der Waals surface area contributed by atoms with Crippen molar-refractivity contribution in [2.75, 3.05) is 6.54 Å². The number of nitrogens with zero attached hydrogens (tertiary/aromatic N) is 2. The third-order valence-electron chi connectivity index (χ3n) is 5.19. The van der Waals surface area contributed by atoms with Crippen molar-refractivity contribution in [3.63, 3.8) is 0 Å². The maximum Gasteiger partial charge on any atom is 0.324 e. The second-order valence-corrected chi connectivity index (χ2v) is 8.53. The Labute approximate surface area is 145 Å². The molecule has 132 valence electrons. The third kappa shape index (κ3) is 3.34. The molecule has 2 heterocycles. The van der Waals surface area contributed by atoms with E-state index >= 15 is 0 Å². The van der Waals surface area contributed by atoms with E-state index in [9.17, 15) is 4.79 Å². The first-order chi connectivity index (χ1) is 11.3. The minimum atomic E-state index is -0.449. The van der Waals surface area contributed by atoms with Gasteiger partial charge in [0.1, 0.15) is 11.6 Å². The molecule has 0 saturated carbocycles. The maximum absolute atomic E-state index is 12.9. The molecule has 1 aliphatic heterocycles. The molecule has 1 aromatic rings. The molecule has 3 atom stereocenters. The Morgan fingerprint density at radius 1 is 1.33 bits per heavy atom. The van der Waals surface area contributed by atoms with E-state index in [-0.39, 0.29) is 17.9 Å². The van der Waals surface area contributed by atoms with Crippen molar-refractivity contribution in [3.05, 3.63) is 29.6 Å². The molecule has 3 rings (SSSR count). The van der Waals surface area contributed by atoms with Gasteiger partial charge in [-0.15, -0.1) is 0 Å². The highest BCUT2D eigenvalue weighted by Crippen LogP contribution is 2.46. The van der Waals surface area contributed by atoms with Crippen LogP contribution in [0.5, 0.6) is 0 Å². The van der Waals surface area contributed by atoms with Crippen molar-refractivity contribution in [2.45, 2.75) is 71.6 Å². The zero-order valence-electron chi connectivity index (χ0n) is 15.6. The smallest absolute Gasteiger partial charge is 0.324 e. The van der Waals surface area contributed by atoms with Gasteiger partial charge in [-0.25, -0.2) is 0 Å². The largest absolute Gasteiger partial charge is 0.459 e. The van der Waals surface area contributed by atoms with Crippen LogP contribution in [0.2, 0.25) is 0 Å². The molecular weight excluding hydrogens is 300 g/mol. The van der Waals surface area contributed by atoms with E-state index in [0.717, 1.165) is 19.4 Å². The molecule has 0 radical (unpaired) electrons. The fourth-order valence-electron chi connectivity index (χ4n) is 4.33. The fraction of sp³-hybridized carbons (Fsp3) is 0.700. The molecule has 0 amide bonds. The Kier molecular flexibility index (Phi) is 4.69. The van der Waals surface area contributed by atoms with Crippen molar-refractivity contribution in [1.82, 2.24) is 9.88 Å². The maximum atomic E-state index is 12.9. The number of esters is 1. The highest BCUT2D eigenvalue weighted by molar-refractivity contribution is 5.76. The summed E-state index contributed by atoms with van der Waals surface area (Å²) in [6.07, 6.45) is 5.27. The molecular formula is C20H30N2O2. The summed E-state index contributed by atoms with van der Waals surface area (Å²) < 4.78 is 5.75. The van der Waals surface area contributed by atoms with Gasteiger partial charge in [0.05, 0.1) is 0 Å². The molecule has 4 heteroatoms. The van der Waals surface area contributed by atoms with Crippen molar-refractivity contribution in [3.8, 4) is 0 Å². The molecule has 0 bridgehead atoms. The van der Waals surface area contributed by atoms with Gasteiger partial charge in [-0.2, -0.15) is 0 Å². The molecule has 1 aromatic heterocycles. The Bertz CT molecular complexity index is 606. The number of ether oxygens (including phenoxy) is 1. The van der Waals surface area contributed by atoms with Gasteiger partial charge in [-0.3, -0.25) is 14.7 Å². The molecule has 24 heavy (non-hydrogen) atoms. The SMILES string of the molecule is CC(C)C(C(=O)OC(C)(C)C)N1CCC2CCc3ncccc3C21. The van der Waals surface area contributed by atoms with Crippen molar-refractivity contribution < 1.29 is 9.53 Å². The van der Waals surface area contributed by atoms with E-state index in [1.807, 2.05) is 33.0 Å². The van der Waals surface area contributed by atoms with Gasteiger partial charge in [0.15, 0.2) is 0 Å². The third-order valence-corrected chi connectivity index (χ3v) is 5.19. The number of pyridine rings is 1. The van der Waals surface area contributed by atoms with E-state index in [1.54, 1.807) is 0 Å². The summed E-state index contributed by atoms with van der Waals surface area (Å²) in [7, 11) is 0. The van der Waals surface area contributed by atoms with Gasteiger partial charge in [0, 0.05) is 17.9 Å². The minimum absolute atomic E-state index is 0.0887. The molecule has 3 unspecified atom stereocenters. The number of hydrogen-bond acceptors (Lipinski definition) is 4. The lowest BCUT2D eigenvalue weighted by molar-refractivity contribution is -0.164. The summed E-state index contributed by atoms with van der Waals surface area (Å²) in [6.45, 7) is 11.0. The van der Waals surface area contributed by atoms with Crippen LogP contribution >= 0.6 is 0 Å². The van der Waals surface area contributed by atoms with E-state index in [2.05, 4.69) is 29.8 Å². The van der Waals surface area contributed by atoms with Crippen LogP contribution in [-0.2, 0) is 16.0 Å². The van der Waals surface area contributed by atoms with Crippen molar-refractivity contribution in [2.24, 2.45) is 11.8 Å². The fourth-order valence-corrected chi connectivity index (χ4v) is 4.33. The van der Waals surface area contributed by atoms with E-state index in [4.69, 9.17) is 4.74 Å². The van der Waals surface area contributed by atoms with Gasteiger partial charge in [-0.1, -0.05) is 19.9 Å². The summed E-state index contributed by atoms with van der Waals surface area (Å²) >= 11 is 0. The van der Waals surface area contributed by atoms with Crippen LogP contribution in [0.15, 0.2) is 18.3 Å². The highest BCUT2D eigenvalue weighted by atomic mass is 16.6. The van der Waals surface area contributed by atoms with Crippen molar-refractivity contribution >= 4 is 5.97 Å². The number of hydrogen-bond donors (Lipinski definition) is 0. The molecule has 0 spiro atoms. The van der Waals surface area contributed by atoms with Crippen LogP contribution in [0.1, 0.15) is 64.8 Å². The summed E-state index contributed by atoms with van der Waals surface area (Å²) in [5.74, 6) is 0.764.